The van der Waals surface area contributed by atoms with Gasteiger partial charge in [-0.2, -0.15) is 0 Å². The van der Waals surface area contributed by atoms with E-state index in [-0.39, 0.29) is 16.2 Å². The Bertz CT molecular complexity index is 594. The Hall–Kier alpha value is -0.810. The van der Waals surface area contributed by atoms with Gasteiger partial charge < -0.3 is 10.1 Å². The number of rotatable bonds is 3. The van der Waals surface area contributed by atoms with Crippen molar-refractivity contribution in [3.8, 4) is 0 Å². The van der Waals surface area contributed by atoms with Gasteiger partial charge in [0.1, 0.15) is 5.60 Å². The van der Waals surface area contributed by atoms with Crippen LogP contribution in [0.15, 0.2) is 30.3 Å². The Kier molecular flexibility index (Phi) is 6.50. The monoisotopic (exact) mass is 393 g/mol. The predicted octanol–water partition coefficient (Wildman–Crippen LogP) is 5.79. The highest BCUT2D eigenvalue weighted by Crippen LogP contribution is 2.58. The van der Waals surface area contributed by atoms with Crippen LogP contribution in [0.4, 0.5) is 4.79 Å². The molecule has 1 amide bonds. The highest BCUT2D eigenvalue weighted by Gasteiger charge is 2.45. The highest BCUT2D eigenvalue weighted by atomic mass is 32.2. The van der Waals surface area contributed by atoms with Gasteiger partial charge in [0.25, 0.3) is 0 Å². The molecule has 1 aromatic rings. The summed E-state index contributed by atoms with van der Waals surface area (Å²) >= 11 is 4.24. The first-order valence-electron chi connectivity index (χ1n) is 9.72. The molecule has 2 fully saturated rings. The van der Waals surface area contributed by atoms with Gasteiger partial charge in [-0.3, -0.25) is 0 Å². The van der Waals surface area contributed by atoms with E-state index in [4.69, 9.17) is 4.74 Å². The standard InChI is InChI=1S/C21H31NO2S2/c1-20(2,3)24-19(23)22-18-12-7-11-17(15-18)21(25-13-8-14-26-21)16-9-5-4-6-10-16/h4-6,9-10,17-18H,7-8,11-15H2,1-3H3,(H,22,23). The molecule has 2 atom stereocenters. The summed E-state index contributed by atoms with van der Waals surface area (Å²) < 4.78 is 5.60. The molecule has 3 rings (SSSR count). The second kappa shape index (κ2) is 8.47. The lowest BCUT2D eigenvalue weighted by molar-refractivity contribution is 0.0483. The molecule has 1 aliphatic carbocycles. The molecule has 0 aromatic heterocycles. The van der Waals surface area contributed by atoms with E-state index < -0.39 is 5.60 Å². The minimum absolute atomic E-state index is 0.133. The number of carbonyl (C=O) groups is 1. The number of hydrogen-bond donors (Lipinski definition) is 1. The number of alkyl carbamates (subject to hydrolysis) is 1. The second-order valence-electron chi connectivity index (χ2n) is 8.29. The Morgan fingerprint density at radius 2 is 1.81 bits per heavy atom. The van der Waals surface area contributed by atoms with Gasteiger partial charge in [-0.1, -0.05) is 36.8 Å². The van der Waals surface area contributed by atoms with Crippen molar-refractivity contribution in [3.63, 3.8) is 0 Å². The quantitative estimate of drug-likeness (QED) is 0.705. The molecule has 144 valence electrons. The summed E-state index contributed by atoms with van der Waals surface area (Å²) in [5, 5.41) is 3.13. The van der Waals surface area contributed by atoms with Gasteiger partial charge >= 0.3 is 6.09 Å². The van der Waals surface area contributed by atoms with Crippen LogP contribution >= 0.6 is 23.5 Å². The van der Waals surface area contributed by atoms with Crippen LogP contribution < -0.4 is 5.32 Å². The molecule has 1 aliphatic heterocycles. The Morgan fingerprint density at radius 3 is 2.46 bits per heavy atom. The zero-order valence-electron chi connectivity index (χ0n) is 16.1. The van der Waals surface area contributed by atoms with E-state index in [2.05, 4.69) is 59.2 Å². The van der Waals surface area contributed by atoms with E-state index in [0.717, 1.165) is 12.8 Å². The Balaban J connectivity index is 1.73. The molecule has 1 aromatic carbocycles. The molecule has 0 bridgehead atoms. The fourth-order valence-electron chi connectivity index (χ4n) is 4.00. The summed E-state index contributed by atoms with van der Waals surface area (Å²) in [6.07, 6.45) is 5.50. The maximum atomic E-state index is 12.2. The summed E-state index contributed by atoms with van der Waals surface area (Å²) in [5.41, 5.74) is 0.996. The molecule has 2 aliphatic rings. The third kappa shape index (κ3) is 4.92. The van der Waals surface area contributed by atoms with Gasteiger partial charge in [0.05, 0.1) is 4.08 Å². The van der Waals surface area contributed by atoms with Crippen LogP contribution in [0.25, 0.3) is 0 Å². The molecule has 0 radical (unpaired) electrons. The first-order chi connectivity index (χ1) is 12.4. The van der Waals surface area contributed by atoms with Crippen LogP contribution in [0, 0.1) is 5.92 Å². The number of thioether (sulfide) groups is 2. The minimum atomic E-state index is -0.446. The van der Waals surface area contributed by atoms with Crippen molar-refractivity contribution in [1.82, 2.24) is 5.32 Å². The summed E-state index contributed by atoms with van der Waals surface area (Å²) in [6.45, 7) is 5.74. The van der Waals surface area contributed by atoms with Gasteiger partial charge in [-0.05, 0) is 69.4 Å². The van der Waals surface area contributed by atoms with E-state index >= 15 is 0 Å². The number of carbonyl (C=O) groups excluding carboxylic acids is 1. The average Bonchev–Trinajstić information content (AvgIpc) is 2.61. The zero-order valence-corrected chi connectivity index (χ0v) is 17.8. The average molecular weight is 394 g/mol. The second-order valence-corrected chi connectivity index (χ2v) is 11.2. The number of ether oxygens (including phenoxy) is 1. The Labute approximate surface area is 166 Å². The normalized spacial score (nSPS) is 26.1. The smallest absolute Gasteiger partial charge is 0.407 e. The number of amides is 1. The fourth-order valence-corrected chi connectivity index (χ4v) is 7.70. The molecule has 1 saturated heterocycles. The van der Waals surface area contributed by atoms with Crippen molar-refractivity contribution >= 4 is 29.6 Å². The molecule has 1 heterocycles. The van der Waals surface area contributed by atoms with Crippen LogP contribution in [0.5, 0.6) is 0 Å². The van der Waals surface area contributed by atoms with Crippen molar-refractivity contribution in [2.45, 2.75) is 68.6 Å². The first-order valence-corrected chi connectivity index (χ1v) is 11.7. The molecule has 5 heteroatoms. The highest BCUT2D eigenvalue weighted by molar-refractivity contribution is 8.18. The molecular formula is C21H31NO2S2. The van der Waals surface area contributed by atoms with Gasteiger partial charge in [0, 0.05) is 6.04 Å². The van der Waals surface area contributed by atoms with E-state index in [1.165, 1.54) is 36.3 Å². The van der Waals surface area contributed by atoms with Crippen LogP contribution in [0.1, 0.15) is 58.4 Å². The van der Waals surface area contributed by atoms with Crippen LogP contribution in [0.3, 0.4) is 0 Å². The SMILES string of the molecule is CC(C)(C)OC(=O)NC1CCCC(C2(c3ccccc3)SCCCS2)C1. The first kappa shape index (κ1) is 19.9. The van der Waals surface area contributed by atoms with Crippen molar-refractivity contribution in [3.05, 3.63) is 35.9 Å². The summed E-state index contributed by atoms with van der Waals surface area (Å²) in [4.78, 5) is 12.2. The van der Waals surface area contributed by atoms with Crippen molar-refractivity contribution in [2.75, 3.05) is 11.5 Å². The Morgan fingerprint density at radius 1 is 1.12 bits per heavy atom. The van der Waals surface area contributed by atoms with E-state index in [1.807, 2.05) is 20.8 Å². The molecule has 1 N–H and O–H groups in total. The molecule has 0 spiro atoms. The third-order valence-corrected chi connectivity index (χ3v) is 8.72. The third-order valence-electron chi connectivity index (χ3n) is 5.03. The lowest BCUT2D eigenvalue weighted by Crippen LogP contribution is -2.44. The molecule has 3 nitrogen and oxygen atoms in total. The fraction of sp³-hybridized carbons (Fsp3) is 0.667. The minimum Gasteiger partial charge on any atom is -0.444 e. The largest absolute Gasteiger partial charge is 0.444 e. The van der Waals surface area contributed by atoms with E-state index in [1.54, 1.807) is 0 Å². The topological polar surface area (TPSA) is 38.3 Å². The maximum absolute atomic E-state index is 12.2. The van der Waals surface area contributed by atoms with Crippen LogP contribution in [0.2, 0.25) is 0 Å². The predicted molar refractivity (Wildman–Crippen MR) is 113 cm³/mol. The molecule has 26 heavy (non-hydrogen) atoms. The van der Waals surface area contributed by atoms with Crippen LogP contribution in [-0.2, 0) is 8.82 Å². The lowest BCUT2D eigenvalue weighted by atomic mass is 9.81. The van der Waals surface area contributed by atoms with E-state index in [0.29, 0.717) is 5.92 Å². The van der Waals surface area contributed by atoms with Crippen molar-refractivity contribution in [1.29, 1.82) is 0 Å². The zero-order chi connectivity index (χ0) is 18.6. The molecular weight excluding hydrogens is 362 g/mol. The van der Waals surface area contributed by atoms with Crippen molar-refractivity contribution in [2.24, 2.45) is 5.92 Å². The van der Waals surface area contributed by atoms with Gasteiger partial charge in [-0.15, -0.1) is 23.5 Å². The molecule has 1 saturated carbocycles. The van der Waals surface area contributed by atoms with E-state index in [9.17, 15) is 4.79 Å². The van der Waals surface area contributed by atoms with Gasteiger partial charge in [0.15, 0.2) is 0 Å². The number of hydrogen-bond acceptors (Lipinski definition) is 4. The van der Waals surface area contributed by atoms with Crippen molar-refractivity contribution < 1.29 is 9.53 Å². The number of benzene rings is 1. The maximum Gasteiger partial charge on any atom is 0.407 e. The molecule has 2 unspecified atom stereocenters. The van der Waals surface area contributed by atoms with Gasteiger partial charge in [-0.25, -0.2) is 4.79 Å². The lowest BCUT2D eigenvalue weighted by Gasteiger charge is -2.46. The summed E-state index contributed by atoms with van der Waals surface area (Å²) in [7, 11) is 0. The van der Waals surface area contributed by atoms with Gasteiger partial charge in [0.2, 0.25) is 0 Å². The number of nitrogens with one attached hydrogen (secondary N) is 1. The summed E-state index contributed by atoms with van der Waals surface area (Å²) in [6, 6.07) is 11.2. The van der Waals surface area contributed by atoms with Crippen LogP contribution in [-0.4, -0.2) is 29.2 Å². The summed E-state index contributed by atoms with van der Waals surface area (Å²) in [5.74, 6) is 3.03.